The Morgan fingerprint density at radius 2 is 2.00 bits per heavy atom. The van der Waals surface area contributed by atoms with Crippen molar-refractivity contribution in [3.05, 3.63) is 18.6 Å². The van der Waals surface area contributed by atoms with Gasteiger partial charge in [-0.2, -0.15) is 0 Å². The molecule has 1 unspecified atom stereocenters. The predicted octanol–water partition coefficient (Wildman–Crippen LogP) is 3.10. The smallest absolute Gasteiger partial charge is 0.144 e. The number of nitrogens with zero attached hydrogens (tertiary/aromatic N) is 2. The molecule has 0 spiro atoms. The monoisotopic (exact) mass is 207 g/mol. The minimum atomic E-state index is 0.473. The minimum Gasteiger partial charge on any atom is -0.366 e. The third-order valence-corrected chi connectivity index (χ3v) is 2.38. The molecule has 0 aliphatic rings. The molecule has 3 heteroatoms. The van der Waals surface area contributed by atoms with Crippen molar-refractivity contribution >= 4 is 5.82 Å². The van der Waals surface area contributed by atoms with Crippen LogP contribution in [-0.2, 0) is 0 Å². The molecule has 1 atom stereocenters. The van der Waals surface area contributed by atoms with E-state index in [9.17, 15) is 0 Å². The molecule has 0 bridgehead atoms. The van der Waals surface area contributed by atoms with E-state index in [-0.39, 0.29) is 0 Å². The van der Waals surface area contributed by atoms with Crippen LogP contribution < -0.4 is 5.32 Å². The molecule has 1 aromatic rings. The van der Waals surface area contributed by atoms with Crippen LogP contribution in [0.15, 0.2) is 18.6 Å². The molecule has 0 radical (unpaired) electrons. The lowest BCUT2D eigenvalue weighted by Crippen LogP contribution is -2.16. The second-order valence-electron chi connectivity index (χ2n) is 4.46. The second kappa shape index (κ2) is 6.38. The highest BCUT2D eigenvalue weighted by Crippen LogP contribution is 2.10. The Morgan fingerprint density at radius 1 is 1.20 bits per heavy atom. The van der Waals surface area contributed by atoms with E-state index in [0.29, 0.717) is 6.04 Å². The Labute approximate surface area is 92.3 Å². The van der Waals surface area contributed by atoms with Gasteiger partial charge in [0.25, 0.3) is 0 Å². The zero-order valence-electron chi connectivity index (χ0n) is 9.90. The van der Waals surface area contributed by atoms with Crippen LogP contribution >= 0.6 is 0 Å². The standard InChI is InChI=1S/C12H21N3/c1-10(2)5-4-6-11(3)15-12-9-13-7-8-14-12/h7-11H,4-6H2,1-3H3,(H,14,15). The molecular weight excluding hydrogens is 186 g/mol. The summed E-state index contributed by atoms with van der Waals surface area (Å²) in [5, 5.41) is 3.34. The summed E-state index contributed by atoms with van der Waals surface area (Å²) in [5.41, 5.74) is 0. The molecule has 0 aliphatic heterocycles. The van der Waals surface area contributed by atoms with Gasteiger partial charge >= 0.3 is 0 Å². The lowest BCUT2D eigenvalue weighted by atomic mass is 10.0. The Hall–Kier alpha value is -1.12. The molecule has 1 N–H and O–H groups in total. The van der Waals surface area contributed by atoms with Gasteiger partial charge in [-0.25, -0.2) is 4.98 Å². The molecule has 0 aromatic carbocycles. The van der Waals surface area contributed by atoms with Gasteiger partial charge in [0.2, 0.25) is 0 Å². The van der Waals surface area contributed by atoms with E-state index < -0.39 is 0 Å². The van der Waals surface area contributed by atoms with E-state index in [1.807, 2.05) is 0 Å². The van der Waals surface area contributed by atoms with Gasteiger partial charge in [0.15, 0.2) is 0 Å². The summed E-state index contributed by atoms with van der Waals surface area (Å²) in [6, 6.07) is 0.473. The van der Waals surface area contributed by atoms with Crippen molar-refractivity contribution in [3.63, 3.8) is 0 Å². The van der Waals surface area contributed by atoms with E-state index in [2.05, 4.69) is 36.1 Å². The molecule has 0 saturated carbocycles. The predicted molar refractivity (Wildman–Crippen MR) is 63.8 cm³/mol. The third-order valence-electron chi connectivity index (χ3n) is 2.38. The molecule has 0 aliphatic carbocycles. The first-order valence-electron chi connectivity index (χ1n) is 5.71. The second-order valence-corrected chi connectivity index (χ2v) is 4.46. The van der Waals surface area contributed by atoms with Crippen LogP contribution in [0.4, 0.5) is 5.82 Å². The maximum Gasteiger partial charge on any atom is 0.144 e. The maximum atomic E-state index is 4.19. The van der Waals surface area contributed by atoms with E-state index in [0.717, 1.165) is 11.7 Å². The Kier molecular flexibility index (Phi) is 5.08. The number of hydrogen-bond donors (Lipinski definition) is 1. The first-order valence-corrected chi connectivity index (χ1v) is 5.71. The van der Waals surface area contributed by atoms with Gasteiger partial charge in [0, 0.05) is 18.4 Å². The van der Waals surface area contributed by atoms with Gasteiger partial charge < -0.3 is 5.32 Å². The molecule has 0 amide bonds. The van der Waals surface area contributed by atoms with Crippen molar-refractivity contribution in [2.75, 3.05) is 5.32 Å². The third kappa shape index (κ3) is 5.35. The van der Waals surface area contributed by atoms with Crippen molar-refractivity contribution in [2.45, 2.75) is 46.1 Å². The van der Waals surface area contributed by atoms with Gasteiger partial charge in [0.1, 0.15) is 5.82 Å². The molecule has 15 heavy (non-hydrogen) atoms. The van der Waals surface area contributed by atoms with Gasteiger partial charge in [0.05, 0.1) is 6.20 Å². The summed E-state index contributed by atoms with van der Waals surface area (Å²) in [4.78, 5) is 8.21. The van der Waals surface area contributed by atoms with Crippen LogP contribution in [0.1, 0.15) is 40.0 Å². The SMILES string of the molecule is CC(C)CCCC(C)Nc1cnccn1. The zero-order chi connectivity index (χ0) is 11.1. The fourth-order valence-electron chi connectivity index (χ4n) is 1.53. The van der Waals surface area contributed by atoms with Crippen molar-refractivity contribution in [1.29, 1.82) is 0 Å². The van der Waals surface area contributed by atoms with E-state index in [4.69, 9.17) is 0 Å². The van der Waals surface area contributed by atoms with E-state index >= 15 is 0 Å². The molecule has 0 saturated heterocycles. The van der Waals surface area contributed by atoms with Crippen molar-refractivity contribution < 1.29 is 0 Å². The molecule has 1 aromatic heterocycles. The fraction of sp³-hybridized carbons (Fsp3) is 0.667. The lowest BCUT2D eigenvalue weighted by Gasteiger charge is -2.14. The molecule has 0 fully saturated rings. The number of hydrogen-bond acceptors (Lipinski definition) is 3. The molecule has 1 heterocycles. The highest BCUT2D eigenvalue weighted by Gasteiger charge is 2.03. The largest absolute Gasteiger partial charge is 0.366 e. The normalized spacial score (nSPS) is 12.8. The molecular formula is C12H21N3. The van der Waals surface area contributed by atoms with Crippen LogP contribution in [0.5, 0.6) is 0 Å². The number of nitrogens with one attached hydrogen (secondary N) is 1. The topological polar surface area (TPSA) is 37.8 Å². The Balaban J connectivity index is 2.21. The van der Waals surface area contributed by atoms with Gasteiger partial charge in [-0.05, 0) is 19.3 Å². The number of anilines is 1. The van der Waals surface area contributed by atoms with Crippen molar-refractivity contribution in [1.82, 2.24) is 9.97 Å². The molecule has 84 valence electrons. The van der Waals surface area contributed by atoms with Gasteiger partial charge in [-0.15, -0.1) is 0 Å². The summed E-state index contributed by atoms with van der Waals surface area (Å²) >= 11 is 0. The maximum absolute atomic E-state index is 4.19. The van der Waals surface area contributed by atoms with E-state index in [1.165, 1.54) is 19.3 Å². The van der Waals surface area contributed by atoms with Gasteiger partial charge in [-0.1, -0.05) is 26.7 Å². The zero-order valence-corrected chi connectivity index (χ0v) is 9.90. The number of rotatable bonds is 6. The quantitative estimate of drug-likeness (QED) is 0.779. The summed E-state index contributed by atoms with van der Waals surface area (Å²) in [7, 11) is 0. The highest BCUT2D eigenvalue weighted by molar-refractivity contribution is 5.30. The molecule has 3 nitrogen and oxygen atoms in total. The average Bonchev–Trinajstić information content (AvgIpc) is 2.18. The average molecular weight is 207 g/mol. The van der Waals surface area contributed by atoms with Crippen molar-refractivity contribution in [2.24, 2.45) is 5.92 Å². The summed E-state index contributed by atoms with van der Waals surface area (Å²) in [6.07, 6.45) is 8.92. The van der Waals surface area contributed by atoms with Crippen LogP contribution in [0, 0.1) is 5.92 Å². The van der Waals surface area contributed by atoms with Crippen LogP contribution in [0.25, 0.3) is 0 Å². The van der Waals surface area contributed by atoms with Crippen LogP contribution in [0.3, 0.4) is 0 Å². The van der Waals surface area contributed by atoms with Gasteiger partial charge in [-0.3, -0.25) is 4.98 Å². The summed E-state index contributed by atoms with van der Waals surface area (Å²) in [6.45, 7) is 6.72. The first-order chi connectivity index (χ1) is 7.18. The molecule has 1 rings (SSSR count). The van der Waals surface area contributed by atoms with Crippen LogP contribution in [-0.4, -0.2) is 16.0 Å². The van der Waals surface area contributed by atoms with E-state index in [1.54, 1.807) is 18.6 Å². The number of aromatic nitrogens is 2. The minimum absolute atomic E-state index is 0.473. The lowest BCUT2D eigenvalue weighted by molar-refractivity contribution is 0.520. The highest BCUT2D eigenvalue weighted by atomic mass is 15.0. The Bertz CT molecular complexity index is 259. The fourth-order valence-corrected chi connectivity index (χ4v) is 1.53. The Morgan fingerprint density at radius 3 is 2.60 bits per heavy atom. The summed E-state index contributed by atoms with van der Waals surface area (Å²) in [5.74, 6) is 1.67. The van der Waals surface area contributed by atoms with Crippen LogP contribution in [0.2, 0.25) is 0 Å². The van der Waals surface area contributed by atoms with Crippen molar-refractivity contribution in [3.8, 4) is 0 Å². The summed E-state index contributed by atoms with van der Waals surface area (Å²) < 4.78 is 0. The first kappa shape index (κ1) is 12.0.